The van der Waals surface area contributed by atoms with Crippen molar-refractivity contribution >= 4 is 28.3 Å². The lowest BCUT2D eigenvalue weighted by molar-refractivity contribution is 0.102. The zero-order valence-corrected chi connectivity index (χ0v) is 19.3. The standard InChI is InChI=1S/C26H23F2N7O/c27-17-8-11-35-22(12-17)20(14-29-35)23-21(28)13-19-24(30-23)32-33-25(19)31-26(36)18-7-3-2-6-16(18)15-34-9-4-1-5-10-34/h2-3,6-8,11-14H,1,4-5,9-10,15H2,(H2,30,31,32,33,36). The molecule has 0 bridgehead atoms. The minimum absolute atomic E-state index is 0.0107. The van der Waals surface area contributed by atoms with E-state index in [0.717, 1.165) is 18.7 Å². The predicted molar refractivity (Wildman–Crippen MR) is 132 cm³/mol. The maximum absolute atomic E-state index is 15.2. The lowest BCUT2D eigenvalue weighted by atomic mass is 10.0. The van der Waals surface area contributed by atoms with Gasteiger partial charge in [0.25, 0.3) is 5.91 Å². The normalized spacial score (nSPS) is 14.5. The second-order valence-corrected chi connectivity index (χ2v) is 8.97. The fraction of sp³-hybridized carbons (Fsp3) is 0.231. The highest BCUT2D eigenvalue weighted by atomic mass is 19.1. The van der Waals surface area contributed by atoms with Crippen molar-refractivity contribution < 1.29 is 13.6 Å². The molecular formula is C26H23F2N7O. The number of aromatic amines is 1. The second-order valence-electron chi connectivity index (χ2n) is 8.97. The number of carbonyl (C=O) groups is 1. The monoisotopic (exact) mass is 487 g/mol. The average molecular weight is 488 g/mol. The van der Waals surface area contributed by atoms with E-state index in [2.05, 4.69) is 30.5 Å². The van der Waals surface area contributed by atoms with E-state index in [0.29, 0.717) is 34.2 Å². The molecule has 0 saturated carbocycles. The van der Waals surface area contributed by atoms with Crippen LogP contribution in [0.2, 0.25) is 0 Å². The number of amides is 1. The van der Waals surface area contributed by atoms with Crippen molar-refractivity contribution in [2.75, 3.05) is 18.4 Å². The van der Waals surface area contributed by atoms with Crippen LogP contribution in [0, 0.1) is 11.6 Å². The lowest BCUT2D eigenvalue weighted by Gasteiger charge is -2.27. The first-order valence-corrected chi connectivity index (χ1v) is 11.9. The summed E-state index contributed by atoms with van der Waals surface area (Å²) in [4.78, 5) is 19.9. The number of hydrogen-bond donors (Lipinski definition) is 2. The average Bonchev–Trinajstić information content (AvgIpc) is 3.48. The van der Waals surface area contributed by atoms with Gasteiger partial charge in [0, 0.05) is 29.9 Å². The van der Waals surface area contributed by atoms with Gasteiger partial charge in [-0.1, -0.05) is 24.6 Å². The molecule has 0 radical (unpaired) electrons. The highest BCUT2D eigenvalue weighted by molar-refractivity contribution is 6.08. The topological polar surface area (TPSA) is 91.2 Å². The molecule has 6 rings (SSSR count). The van der Waals surface area contributed by atoms with Crippen LogP contribution in [0.3, 0.4) is 0 Å². The van der Waals surface area contributed by atoms with Gasteiger partial charge in [0.05, 0.1) is 17.1 Å². The summed E-state index contributed by atoms with van der Waals surface area (Å²) in [7, 11) is 0. The van der Waals surface area contributed by atoms with Crippen LogP contribution >= 0.6 is 0 Å². The Bertz CT molecular complexity index is 1590. The fourth-order valence-electron chi connectivity index (χ4n) is 4.76. The minimum atomic E-state index is -0.635. The fourth-order valence-corrected chi connectivity index (χ4v) is 4.76. The highest BCUT2D eigenvalue weighted by Gasteiger charge is 2.20. The molecule has 1 fully saturated rings. The molecule has 2 N–H and O–H groups in total. The highest BCUT2D eigenvalue weighted by Crippen LogP contribution is 2.30. The van der Waals surface area contributed by atoms with Crippen molar-refractivity contribution in [2.24, 2.45) is 0 Å². The summed E-state index contributed by atoms with van der Waals surface area (Å²) < 4.78 is 30.4. The molecule has 5 aromatic rings. The zero-order valence-electron chi connectivity index (χ0n) is 19.3. The Morgan fingerprint density at radius 1 is 1.08 bits per heavy atom. The van der Waals surface area contributed by atoms with E-state index in [1.807, 2.05) is 18.2 Å². The Balaban J connectivity index is 1.29. The summed E-state index contributed by atoms with van der Waals surface area (Å²) in [5.41, 5.74) is 2.52. The summed E-state index contributed by atoms with van der Waals surface area (Å²) in [6, 6.07) is 11.3. The number of nitrogens with zero attached hydrogens (tertiary/aromatic N) is 5. The Hall–Kier alpha value is -4.18. The summed E-state index contributed by atoms with van der Waals surface area (Å²) in [5, 5.41) is 14.2. The minimum Gasteiger partial charge on any atom is -0.304 e. The van der Waals surface area contributed by atoms with Crippen LogP contribution in [0.15, 0.2) is 54.9 Å². The van der Waals surface area contributed by atoms with Gasteiger partial charge < -0.3 is 5.32 Å². The van der Waals surface area contributed by atoms with Crippen LogP contribution in [0.4, 0.5) is 14.6 Å². The van der Waals surface area contributed by atoms with Crippen LogP contribution in [-0.4, -0.2) is 48.7 Å². The molecule has 1 aliphatic heterocycles. The summed E-state index contributed by atoms with van der Waals surface area (Å²) in [6.07, 6.45) is 6.46. The van der Waals surface area contributed by atoms with E-state index < -0.39 is 11.6 Å². The number of likely N-dealkylation sites (tertiary alicyclic amines) is 1. The summed E-state index contributed by atoms with van der Waals surface area (Å²) in [5.74, 6) is -1.23. The molecule has 0 atom stereocenters. The zero-order chi connectivity index (χ0) is 24.6. The third kappa shape index (κ3) is 4.09. The van der Waals surface area contributed by atoms with Crippen molar-refractivity contribution in [1.82, 2.24) is 29.7 Å². The third-order valence-electron chi connectivity index (χ3n) is 6.58. The number of hydrogen-bond acceptors (Lipinski definition) is 5. The van der Waals surface area contributed by atoms with Crippen molar-refractivity contribution in [3.63, 3.8) is 0 Å². The van der Waals surface area contributed by atoms with Crippen molar-refractivity contribution in [2.45, 2.75) is 25.8 Å². The quantitative estimate of drug-likeness (QED) is 0.372. The molecule has 1 aromatic carbocycles. The van der Waals surface area contributed by atoms with E-state index in [4.69, 9.17) is 0 Å². The second kappa shape index (κ2) is 9.12. The maximum atomic E-state index is 15.2. The number of H-pyrrole nitrogens is 1. The summed E-state index contributed by atoms with van der Waals surface area (Å²) in [6.45, 7) is 2.74. The number of aromatic nitrogens is 5. The van der Waals surface area contributed by atoms with Gasteiger partial charge in [0.15, 0.2) is 17.3 Å². The number of fused-ring (bicyclic) bond motifs is 2. The van der Waals surface area contributed by atoms with Gasteiger partial charge in [-0.2, -0.15) is 10.2 Å². The van der Waals surface area contributed by atoms with Gasteiger partial charge in [-0.05, 0) is 49.7 Å². The van der Waals surface area contributed by atoms with E-state index in [-0.39, 0.29) is 17.4 Å². The Kier molecular flexibility index (Phi) is 5.65. The third-order valence-corrected chi connectivity index (χ3v) is 6.58. The molecule has 36 heavy (non-hydrogen) atoms. The number of piperidine rings is 1. The van der Waals surface area contributed by atoms with Crippen LogP contribution < -0.4 is 5.32 Å². The van der Waals surface area contributed by atoms with Crippen molar-refractivity contribution in [3.05, 3.63) is 77.6 Å². The molecule has 182 valence electrons. The predicted octanol–water partition coefficient (Wildman–Crippen LogP) is 4.79. The van der Waals surface area contributed by atoms with Gasteiger partial charge in [0.1, 0.15) is 11.5 Å². The lowest BCUT2D eigenvalue weighted by Crippen LogP contribution is -2.30. The molecular weight excluding hydrogens is 464 g/mol. The largest absolute Gasteiger partial charge is 0.304 e. The molecule has 8 nitrogen and oxygen atoms in total. The molecule has 0 spiro atoms. The smallest absolute Gasteiger partial charge is 0.257 e. The number of halogens is 2. The van der Waals surface area contributed by atoms with Crippen molar-refractivity contribution in [3.8, 4) is 11.3 Å². The van der Waals surface area contributed by atoms with Gasteiger partial charge in [-0.15, -0.1) is 0 Å². The molecule has 1 amide bonds. The number of rotatable bonds is 5. The van der Waals surface area contributed by atoms with E-state index >= 15 is 4.39 Å². The Morgan fingerprint density at radius 3 is 2.78 bits per heavy atom. The first kappa shape index (κ1) is 22.3. The Morgan fingerprint density at radius 2 is 1.92 bits per heavy atom. The molecule has 0 unspecified atom stereocenters. The first-order chi connectivity index (χ1) is 17.6. The SMILES string of the molecule is O=C(Nc1n[nH]c2nc(-c3cnn4ccc(F)cc34)c(F)cc12)c1ccccc1CN1CCCCC1. The molecule has 0 aliphatic carbocycles. The van der Waals surface area contributed by atoms with Gasteiger partial charge in [0.2, 0.25) is 0 Å². The maximum Gasteiger partial charge on any atom is 0.257 e. The summed E-state index contributed by atoms with van der Waals surface area (Å²) >= 11 is 0. The van der Waals surface area contributed by atoms with Crippen LogP contribution in [0.5, 0.6) is 0 Å². The van der Waals surface area contributed by atoms with E-state index in [1.54, 1.807) is 6.07 Å². The van der Waals surface area contributed by atoms with Crippen LogP contribution in [-0.2, 0) is 6.54 Å². The van der Waals surface area contributed by atoms with E-state index in [1.165, 1.54) is 54.4 Å². The number of carbonyl (C=O) groups excluding carboxylic acids is 1. The number of benzene rings is 1. The van der Waals surface area contributed by atoms with E-state index in [9.17, 15) is 9.18 Å². The molecule has 5 heterocycles. The van der Waals surface area contributed by atoms with Gasteiger partial charge >= 0.3 is 0 Å². The molecule has 10 heteroatoms. The number of nitrogens with one attached hydrogen (secondary N) is 2. The Labute approximate surface area is 205 Å². The molecule has 1 saturated heterocycles. The number of pyridine rings is 2. The first-order valence-electron chi connectivity index (χ1n) is 11.9. The van der Waals surface area contributed by atoms with Crippen molar-refractivity contribution in [1.29, 1.82) is 0 Å². The van der Waals surface area contributed by atoms with Gasteiger partial charge in [-0.3, -0.25) is 14.8 Å². The van der Waals surface area contributed by atoms with Crippen LogP contribution in [0.1, 0.15) is 35.2 Å². The molecule has 1 aliphatic rings. The molecule has 4 aromatic heterocycles. The number of anilines is 1. The van der Waals surface area contributed by atoms with Crippen LogP contribution in [0.25, 0.3) is 27.8 Å². The van der Waals surface area contributed by atoms with Gasteiger partial charge in [-0.25, -0.2) is 18.3 Å².